The number of nitrogens with zero attached hydrogens (tertiary/aromatic N) is 3. The Bertz CT molecular complexity index is 795. The zero-order valence-electron chi connectivity index (χ0n) is 13.8. The van der Waals surface area contributed by atoms with Crippen molar-refractivity contribution in [2.24, 2.45) is 0 Å². The van der Waals surface area contributed by atoms with E-state index in [9.17, 15) is 18.0 Å². The molecule has 0 bridgehead atoms. The van der Waals surface area contributed by atoms with Crippen LogP contribution in [0.2, 0.25) is 0 Å². The van der Waals surface area contributed by atoms with Crippen LogP contribution in [0.25, 0.3) is 0 Å². The molecule has 1 N–H and O–H groups in total. The van der Waals surface area contributed by atoms with E-state index >= 15 is 0 Å². The highest BCUT2D eigenvalue weighted by Gasteiger charge is 2.35. The van der Waals surface area contributed by atoms with Gasteiger partial charge in [0.1, 0.15) is 5.82 Å². The van der Waals surface area contributed by atoms with Crippen molar-refractivity contribution in [3.63, 3.8) is 0 Å². The smallest absolute Gasteiger partial charge is 0.367 e. The summed E-state index contributed by atoms with van der Waals surface area (Å²) in [5, 5.41) is 7.19. The number of pyridine rings is 1. The summed E-state index contributed by atoms with van der Waals surface area (Å²) in [6.07, 6.45) is -0.419. The molecule has 1 aliphatic rings. The number of hydrogen-bond acceptors (Lipinski definition) is 4. The van der Waals surface area contributed by atoms with E-state index in [0.29, 0.717) is 25.7 Å². The zero-order valence-corrected chi connectivity index (χ0v) is 13.8. The van der Waals surface area contributed by atoms with E-state index in [-0.39, 0.29) is 23.5 Å². The monoisotopic (exact) mass is 352 g/mol. The maximum absolute atomic E-state index is 13.0. The lowest BCUT2D eigenvalue weighted by atomic mass is 9.91. The minimum Gasteiger partial charge on any atom is -0.367 e. The molecule has 1 saturated carbocycles. The molecule has 25 heavy (non-hydrogen) atoms. The Balaban J connectivity index is 1.68. The van der Waals surface area contributed by atoms with Gasteiger partial charge in [-0.15, -0.1) is 0 Å². The van der Waals surface area contributed by atoms with Crippen molar-refractivity contribution in [1.82, 2.24) is 14.8 Å². The van der Waals surface area contributed by atoms with Crippen LogP contribution in [0.15, 0.2) is 35.3 Å². The summed E-state index contributed by atoms with van der Waals surface area (Å²) in [4.78, 5) is 15.8. The molecule has 2 aromatic rings. The Hall–Kier alpha value is -2.38. The van der Waals surface area contributed by atoms with Gasteiger partial charge < -0.3 is 5.32 Å². The second kappa shape index (κ2) is 6.85. The first-order valence-electron chi connectivity index (χ1n) is 8.20. The number of aromatic nitrogens is 3. The first-order chi connectivity index (χ1) is 11.8. The van der Waals surface area contributed by atoms with Crippen LogP contribution in [-0.4, -0.2) is 20.8 Å². The standard InChI is InChI=1S/C17H19F3N4O/c1-11-4-9-15(25)24(23-11)13-7-5-12(6-8-13)22-16-14(17(18,19)20)3-2-10-21-16/h2-4,9-10,12-13H,5-8H2,1H3,(H,21,22). The van der Waals surface area contributed by atoms with Gasteiger partial charge in [-0.2, -0.15) is 18.3 Å². The first kappa shape index (κ1) is 17.4. The second-order valence-corrected chi connectivity index (χ2v) is 6.30. The van der Waals surface area contributed by atoms with E-state index in [1.54, 1.807) is 6.07 Å². The fourth-order valence-corrected chi connectivity index (χ4v) is 3.19. The van der Waals surface area contributed by atoms with Gasteiger partial charge in [0, 0.05) is 18.3 Å². The van der Waals surface area contributed by atoms with Gasteiger partial charge in [0.05, 0.1) is 17.3 Å². The molecule has 0 aliphatic heterocycles. The van der Waals surface area contributed by atoms with Crippen molar-refractivity contribution >= 4 is 5.82 Å². The predicted octanol–water partition coefficient (Wildman–Crippen LogP) is 3.56. The highest BCUT2D eigenvalue weighted by molar-refractivity contribution is 5.46. The Morgan fingerprint density at radius 3 is 2.56 bits per heavy atom. The molecule has 5 nitrogen and oxygen atoms in total. The summed E-state index contributed by atoms with van der Waals surface area (Å²) in [5.41, 5.74) is -0.136. The minimum atomic E-state index is -4.44. The first-order valence-corrected chi connectivity index (χ1v) is 8.20. The molecule has 0 amide bonds. The number of nitrogens with one attached hydrogen (secondary N) is 1. The number of alkyl halides is 3. The fraction of sp³-hybridized carbons (Fsp3) is 0.471. The van der Waals surface area contributed by atoms with E-state index < -0.39 is 11.7 Å². The average Bonchev–Trinajstić information content (AvgIpc) is 2.57. The van der Waals surface area contributed by atoms with Gasteiger partial charge in [-0.1, -0.05) is 0 Å². The van der Waals surface area contributed by atoms with Gasteiger partial charge in [0.15, 0.2) is 0 Å². The third-order valence-corrected chi connectivity index (χ3v) is 4.45. The minimum absolute atomic E-state index is 0.0173. The van der Waals surface area contributed by atoms with Crippen LogP contribution < -0.4 is 10.9 Å². The van der Waals surface area contributed by atoms with Crippen LogP contribution in [0.1, 0.15) is 43.0 Å². The van der Waals surface area contributed by atoms with Crippen molar-refractivity contribution in [3.05, 3.63) is 52.1 Å². The summed E-state index contributed by atoms with van der Waals surface area (Å²) < 4.78 is 40.6. The zero-order chi connectivity index (χ0) is 18.0. The molecule has 8 heteroatoms. The van der Waals surface area contributed by atoms with Gasteiger partial charge in [-0.25, -0.2) is 9.67 Å². The highest BCUT2D eigenvalue weighted by Crippen LogP contribution is 2.35. The quantitative estimate of drug-likeness (QED) is 0.918. The lowest BCUT2D eigenvalue weighted by molar-refractivity contribution is -0.137. The van der Waals surface area contributed by atoms with E-state index in [2.05, 4.69) is 15.4 Å². The Morgan fingerprint density at radius 2 is 1.88 bits per heavy atom. The van der Waals surface area contributed by atoms with Crippen LogP contribution in [-0.2, 0) is 6.18 Å². The Morgan fingerprint density at radius 1 is 1.16 bits per heavy atom. The molecular weight excluding hydrogens is 333 g/mol. The largest absolute Gasteiger partial charge is 0.419 e. The molecule has 1 fully saturated rings. The lowest BCUT2D eigenvalue weighted by Gasteiger charge is -2.30. The van der Waals surface area contributed by atoms with Crippen molar-refractivity contribution in [3.8, 4) is 0 Å². The van der Waals surface area contributed by atoms with Crippen molar-refractivity contribution in [1.29, 1.82) is 0 Å². The summed E-state index contributed by atoms with van der Waals surface area (Å²) in [6, 6.07) is 5.35. The molecule has 3 rings (SSSR count). The van der Waals surface area contributed by atoms with Crippen molar-refractivity contribution in [2.45, 2.75) is 50.9 Å². The van der Waals surface area contributed by atoms with Crippen LogP contribution in [0, 0.1) is 6.92 Å². The molecule has 1 aliphatic carbocycles. The number of hydrogen-bond donors (Lipinski definition) is 1. The topological polar surface area (TPSA) is 59.8 Å². The van der Waals surface area contributed by atoms with E-state index in [0.717, 1.165) is 11.8 Å². The SMILES string of the molecule is Cc1ccc(=O)n(C2CCC(Nc3ncccc3C(F)(F)F)CC2)n1. The molecule has 0 atom stereocenters. The molecule has 0 saturated heterocycles. The molecular formula is C17H19F3N4O. The van der Waals surface area contributed by atoms with Crippen LogP contribution in [0.3, 0.4) is 0 Å². The predicted molar refractivity (Wildman–Crippen MR) is 87.4 cm³/mol. The summed E-state index contributed by atoms with van der Waals surface area (Å²) in [5.74, 6) is -0.135. The highest BCUT2D eigenvalue weighted by atomic mass is 19.4. The van der Waals surface area contributed by atoms with Gasteiger partial charge in [-0.05, 0) is 50.8 Å². The lowest BCUT2D eigenvalue weighted by Crippen LogP contribution is -2.33. The maximum Gasteiger partial charge on any atom is 0.419 e. The van der Waals surface area contributed by atoms with Crippen molar-refractivity contribution in [2.75, 3.05) is 5.32 Å². The van der Waals surface area contributed by atoms with Crippen LogP contribution in [0.5, 0.6) is 0 Å². The molecule has 2 aromatic heterocycles. The summed E-state index contributed by atoms with van der Waals surface area (Å²) >= 11 is 0. The van der Waals surface area contributed by atoms with Crippen molar-refractivity contribution < 1.29 is 13.2 Å². The van der Waals surface area contributed by atoms with E-state index in [1.807, 2.05) is 6.92 Å². The fourth-order valence-electron chi connectivity index (χ4n) is 3.19. The van der Waals surface area contributed by atoms with E-state index in [1.165, 1.54) is 23.0 Å². The maximum atomic E-state index is 13.0. The van der Waals surface area contributed by atoms with Gasteiger partial charge in [-0.3, -0.25) is 4.79 Å². The average molecular weight is 352 g/mol. The third-order valence-electron chi connectivity index (χ3n) is 4.45. The summed E-state index contributed by atoms with van der Waals surface area (Å²) in [6.45, 7) is 1.82. The number of halogens is 3. The van der Waals surface area contributed by atoms with Crippen LogP contribution >= 0.6 is 0 Å². The molecule has 0 radical (unpaired) electrons. The summed E-state index contributed by atoms with van der Waals surface area (Å²) in [7, 11) is 0. The molecule has 0 spiro atoms. The third kappa shape index (κ3) is 4.00. The Labute approximate surface area is 142 Å². The van der Waals surface area contributed by atoms with Gasteiger partial charge in [0.2, 0.25) is 0 Å². The molecule has 0 unspecified atom stereocenters. The normalized spacial score (nSPS) is 21.1. The molecule has 0 aromatic carbocycles. The van der Waals surface area contributed by atoms with Gasteiger partial charge in [0.25, 0.3) is 5.56 Å². The number of anilines is 1. The number of aryl methyl sites for hydroxylation is 1. The Kier molecular flexibility index (Phi) is 4.78. The molecule has 2 heterocycles. The van der Waals surface area contributed by atoms with E-state index in [4.69, 9.17) is 0 Å². The second-order valence-electron chi connectivity index (χ2n) is 6.30. The number of rotatable bonds is 3. The van der Waals surface area contributed by atoms with Crippen LogP contribution in [0.4, 0.5) is 19.0 Å². The van der Waals surface area contributed by atoms with Gasteiger partial charge >= 0.3 is 6.18 Å². The molecule has 134 valence electrons.